The van der Waals surface area contributed by atoms with Crippen molar-refractivity contribution in [1.82, 2.24) is 0 Å². The van der Waals surface area contributed by atoms with Crippen molar-refractivity contribution in [2.24, 2.45) is 0 Å². The Kier molecular flexibility index (Phi) is 12.5. The molecule has 1 rings (SSSR count). The fourth-order valence-electron chi connectivity index (χ4n) is 3.34. The maximum Gasteiger partial charge on any atom is 0.270 e. The third-order valence-electron chi connectivity index (χ3n) is 5.25. The van der Waals surface area contributed by atoms with Crippen molar-refractivity contribution in [3.8, 4) is 5.75 Å². The molecule has 0 amide bonds. The second-order valence-corrected chi connectivity index (χ2v) is 9.71. The van der Waals surface area contributed by atoms with E-state index in [1.54, 1.807) is 0 Å². The second kappa shape index (κ2) is 14.0. The van der Waals surface area contributed by atoms with E-state index in [0.717, 1.165) is 42.6 Å². The van der Waals surface area contributed by atoms with Crippen LogP contribution in [0.2, 0.25) is 0 Å². The van der Waals surface area contributed by atoms with Gasteiger partial charge in [-0.05, 0) is 43.7 Å². The van der Waals surface area contributed by atoms with E-state index in [2.05, 4.69) is 32.0 Å². The molecule has 1 aromatic carbocycles. The summed E-state index contributed by atoms with van der Waals surface area (Å²) in [5, 5.41) is -0.928. The number of aryl methyl sites for hydroxylation is 2. The first-order chi connectivity index (χ1) is 13.4. The zero-order chi connectivity index (χ0) is 20.8. The quantitative estimate of drug-likeness (QED) is 0.253. The number of hydrogen-bond acceptors (Lipinski definition) is 3. The van der Waals surface area contributed by atoms with Gasteiger partial charge in [0.15, 0.2) is 0 Å². The standard InChI is InChI=1S/C23H40O4S/c1-4-6-8-10-12-15-21-17-14-18-22(16-13-11-9-7-5-2)23(21)27-19-20(3)28(24,25)26/h14,17-18,20H,4-13,15-16,19H2,1-3H3,(H,24,25,26). The summed E-state index contributed by atoms with van der Waals surface area (Å²) in [7, 11) is -4.08. The van der Waals surface area contributed by atoms with Gasteiger partial charge in [0, 0.05) is 0 Å². The Morgan fingerprint density at radius 1 is 0.857 bits per heavy atom. The van der Waals surface area contributed by atoms with E-state index in [9.17, 15) is 13.0 Å². The third-order valence-corrected chi connectivity index (χ3v) is 6.40. The van der Waals surface area contributed by atoms with Crippen molar-refractivity contribution in [1.29, 1.82) is 0 Å². The molecule has 28 heavy (non-hydrogen) atoms. The van der Waals surface area contributed by atoms with Crippen LogP contribution in [0.3, 0.4) is 0 Å². The van der Waals surface area contributed by atoms with Crippen LogP contribution in [-0.2, 0) is 23.0 Å². The van der Waals surface area contributed by atoms with Crippen molar-refractivity contribution >= 4 is 10.1 Å². The molecule has 0 aliphatic carbocycles. The minimum absolute atomic E-state index is 0.0193. The van der Waals surface area contributed by atoms with Crippen LogP contribution in [-0.4, -0.2) is 24.8 Å². The molecule has 0 aromatic heterocycles. The lowest BCUT2D eigenvalue weighted by Crippen LogP contribution is -2.24. The first-order valence-corrected chi connectivity index (χ1v) is 12.6. The molecule has 0 saturated carbocycles. The topological polar surface area (TPSA) is 63.6 Å². The molecule has 1 atom stereocenters. The van der Waals surface area contributed by atoms with Gasteiger partial charge in [-0.25, -0.2) is 0 Å². The lowest BCUT2D eigenvalue weighted by Gasteiger charge is -2.18. The molecule has 1 aromatic rings. The Hall–Kier alpha value is -1.07. The van der Waals surface area contributed by atoms with Crippen LogP contribution in [0.5, 0.6) is 5.75 Å². The van der Waals surface area contributed by atoms with Gasteiger partial charge in [-0.2, -0.15) is 8.42 Å². The van der Waals surface area contributed by atoms with Crippen LogP contribution in [0.4, 0.5) is 0 Å². The maximum absolute atomic E-state index is 11.3. The predicted octanol–water partition coefficient (Wildman–Crippen LogP) is 6.37. The number of hydrogen-bond donors (Lipinski definition) is 1. The van der Waals surface area contributed by atoms with Crippen molar-refractivity contribution in [3.05, 3.63) is 29.3 Å². The lowest BCUT2D eigenvalue weighted by atomic mass is 9.98. The highest BCUT2D eigenvalue weighted by Gasteiger charge is 2.19. The molecule has 0 spiro atoms. The lowest BCUT2D eigenvalue weighted by molar-refractivity contribution is 0.304. The average molecular weight is 413 g/mol. The zero-order valence-corrected chi connectivity index (χ0v) is 18.9. The summed E-state index contributed by atoms with van der Waals surface area (Å²) < 4.78 is 37.9. The Bertz CT molecular complexity index is 608. The minimum atomic E-state index is -4.08. The van der Waals surface area contributed by atoms with E-state index in [1.807, 2.05) is 0 Å². The van der Waals surface area contributed by atoms with Gasteiger partial charge in [0.1, 0.15) is 17.6 Å². The maximum atomic E-state index is 11.3. The van der Waals surface area contributed by atoms with Gasteiger partial charge in [0.2, 0.25) is 0 Å². The van der Waals surface area contributed by atoms with Gasteiger partial charge in [-0.3, -0.25) is 4.55 Å². The van der Waals surface area contributed by atoms with Crippen LogP contribution < -0.4 is 4.74 Å². The van der Waals surface area contributed by atoms with E-state index in [4.69, 9.17) is 4.74 Å². The van der Waals surface area contributed by atoms with Gasteiger partial charge in [-0.1, -0.05) is 83.4 Å². The Morgan fingerprint density at radius 3 is 1.75 bits per heavy atom. The van der Waals surface area contributed by atoms with E-state index in [-0.39, 0.29) is 6.61 Å². The van der Waals surface area contributed by atoms with Crippen molar-refractivity contribution in [2.45, 2.75) is 103 Å². The van der Waals surface area contributed by atoms with Crippen molar-refractivity contribution in [2.75, 3.05) is 6.61 Å². The third kappa shape index (κ3) is 9.92. The number of ether oxygens (including phenoxy) is 1. The fourth-order valence-corrected chi connectivity index (χ4v) is 3.58. The highest BCUT2D eigenvalue weighted by Crippen LogP contribution is 2.28. The number of para-hydroxylation sites is 1. The predicted molar refractivity (Wildman–Crippen MR) is 118 cm³/mol. The second-order valence-electron chi connectivity index (χ2n) is 7.87. The van der Waals surface area contributed by atoms with E-state index in [1.165, 1.54) is 58.3 Å². The normalized spacial score (nSPS) is 12.9. The van der Waals surface area contributed by atoms with Crippen LogP contribution in [0, 0.1) is 0 Å². The van der Waals surface area contributed by atoms with E-state index < -0.39 is 15.4 Å². The molecule has 0 radical (unpaired) electrons. The summed E-state index contributed by atoms with van der Waals surface area (Å²) in [5.41, 5.74) is 2.31. The summed E-state index contributed by atoms with van der Waals surface area (Å²) in [4.78, 5) is 0. The smallest absolute Gasteiger partial charge is 0.270 e. The molecular formula is C23H40O4S. The molecule has 0 aliphatic heterocycles. The fraction of sp³-hybridized carbons (Fsp3) is 0.739. The Labute approximate surface area is 172 Å². The molecule has 162 valence electrons. The van der Waals surface area contributed by atoms with Gasteiger partial charge >= 0.3 is 0 Å². The molecule has 4 nitrogen and oxygen atoms in total. The van der Waals surface area contributed by atoms with Gasteiger partial charge in [-0.15, -0.1) is 0 Å². The summed E-state index contributed by atoms with van der Waals surface area (Å²) >= 11 is 0. The highest BCUT2D eigenvalue weighted by molar-refractivity contribution is 7.86. The molecule has 5 heteroatoms. The first kappa shape index (κ1) is 25.0. The van der Waals surface area contributed by atoms with Crippen LogP contribution >= 0.6 is 0 Å². The summed E-state index contributed by atoms with van der Waals surface area (Å²) in [6.07, 6.45) is 14.0. The summed E-state index contributed by atoms with van der Waals surface area (Å²) in [6, 6.07) is 6.27. The Morgan fingerprint density at radius 2 is 1.32 bits per heavy atom. The highest BCUT2D eigenvalue weighted by atomic mass is 32.2. The first-order valence-electron chi connectivity index (χ1n) is 11.1. The van der Waals surface area contributed by atoms with E-state index >= 15 is 0 Å². The Balaban J connectivity index is 2.79. The van der Waals surface area contributed by atoms with Gasteiger partial charge in [0.05, 0.1) is 0 Å². The summed E-state index contributed by atoms with van der Waals surface area (Å²) in [6.45, 7) is 5.89. The zero-order valence-electron chi connectivity index (χ0n) is 18.1. The van der Waals surface area contributed by atoms with Crippen LogP contribution in [0.1, 0.15) is 96.1 Å². The molecule has 1 unspecified atom stereocenters. The minimum Gasteiger partial charge on any atom is -0.492 e. The van der Waals surface area contributed by atoms with Crippen LogP contribution in [0.15, 0.2) is 18.2 Å². The summed E-state index contributed by atoms with van der Waals surface area (Å²) in [5.74, 6) is 0.837. The molecule has 0 aliphatic rings. The SMILES string of the molecule is CCCCCCCc1cccc(CCCCCCC)c1OCC(C)S(=O)(=O)O. The number of rotatable bonds is 16. The van der Waals surface area contributed by atoms with Crippen molar-refractivity contribution in [3.63, 3.8) is 0 Å². The molecule has 0 fully saturated rings. The number of benzene rings is 1. The number of unbranched alkanes of at least 4 members (excludes halogenated alkanes) is 8. The molecule has 1 N–H and O–H groups in total. The monoisotopic (exact) mass is 412 g/mol. The van der Waals surface area contributed by atoms with E-state index in [0.29, 0.717) is 0 Å². The molecule has 0 heterocycles. The van der Waals surface area contributed by atoms with Crippen LogP contribution in [0.25, 0.3) is 0 Å². The average Bonchev–Trinajstić information content (AvgIpc) is 2.65. The van der Waals surface area contributed by atoms with Gasteiger partial charge in [0.25, 0.3) is 10.1 Å². The molecule has 0 bridgehead atoms. The van der Waals surface area contributed by atoms with Crippen molar-refractivity contribution < 1.29 is 17.7 Å². The largest absolute Gasteiger partial charge is 0.492 e. The molecular weight excluding hydrogens is 372 g/mol. The van der Waals surface area contributed by atoms with Gasteiger partial charge < -0.3 is 4.74 Å². The molecule has 0 saturated heterocycles.